The largest absolute Gasteiger partial charge is 0.481 e. The highest BCUT2D eigenvalue weighted by atomic mass is 16.4. The van der Waals surface area contributed by atoms with Crippen molar-refractivity contribution in [1.29, 1.82) is 0 Å². The summed E-state index contributed by atoms with van der Waals surface area (Å²) in [4.78, 5) is 49.0. The standard InChI is InChI=1S/C18H26O8/c19-13(20)12-9-5-6-10-17(14(21)22,11-7-3-1-2-4-8-11)18(12,15(23)24)16(25)26/h11-12H,1-10H2,(H,19,20)(H,21,22)(H,23,24)(H,25,26). The van der Waals surface area contributed by atoms with Gasteiger partial charge in [-0.1, -0.05) is 38.5 Å². The maximum atomic E-state index is 12.5. The fraction of sp³-hybridized carbons (Fsp3) is 0.778. The predicted octanol–water partition coefficient (Wildman–Crippen LogP) is 2.46. The van der Waals surface area contributed by atoms with Crippen LogP contribution in [0.3, 0.4) is 0 Å². The van der Waals surface area contributed by atoms with Crippen LogP contribution in [-0.4, -0.2) is 44.3 Å². The second-order valence-corrected chi connectivity index (χ2v) is 7.52. The highest BCUT2D eigenvalue weighted by Gasteiger charge is 2.74. The molecule has 0 bridgehead atoms. The number of carboxylic acids is 4. The van der Waals surface area contributed by atoms with E-state index in [1.54, 1.807) is 0 Å². The van der Waals surface area contributed by atoms with Crippen LogP contribution in [0.2, 0.25) is 0 Å². The molecule has 0 aliphatic heterocycles. The maximum Gasteiger partial charge on any atom is 0.323 e. The van der Waals surface area contributed by atoms with Gasteiger partial charge >= 0.3 is 23.9 Å². The summed E-state index contributed by atoms with van der Waals surface area (Å²) in [6, 6.07) is 0. The Kier molecular flexibility index (Phi) is 5.93. The second kappa shape index (κ2) is 7.63. The minimum Gasteiger partial charge on any atom is -0.481 e. The number of hydrogen-bond donors (Lipinski definition) is 4. The molecule has 2 aliphatic carbocycles. The molecule has 0 heterocycles. The van der Waals surface area contributed by atoms with E-state index in [1.807, 2.05) is 0 Å². The summed E-state index contributed by atoms with van der Waals surface area (Å²) < 4.78 is 0. The van der Waals surface area contributed by atoms with Gasteiger partial charge in [0.2, 0.25) is 0 Å². The summed E-state index contributed by atoms with van der Waals surface area (Å²) in [6.07, 6.45) is 4.24. The first-order valence-electron chi connectivity index (χ1n) is 9.16. The third-order valence-electron chi connectivity index (χ3n) is 6.45. The highest BCUT2D eigenvalue weighted by molar-refractivity contribution is 6.07. The molecule has 0 radical (unpaired) electrons. The molecule has 26 heavy (non-hydrogen) atoms. The van der Waals surface area contributed by atoms with E-state index in [0.29, 0.717) is 38.5 Å². The maximum absolute atomic E-state index is 12.5. The van der Waals surface area contributed by atoms with Crippen LogP contribution in [0, 0.1) is 22.7 Å². The van der Waals surface area contributed by atoms with Gasteiger partial charge in [-0.3, -0.25) is 19.2 Å². The number of rotatable bonds is 5. The van der Waals surface area contributed by atoms with Crippen LogP contribution in [0.25, 0.3) is 0 Å². The van der Waals surface area contributed by atoms with Gasteiger partial charge in [-0.25, -0.2) is 0 Å². The van der Waals surface area contributed by atoms with E-state index in [0.717, 1.165) is 12.8 Å². The summed E-state index contributed by atoms with van der Waals surface area (Å²) in [5.74, 6) is -9.22. The Bertz CT molecular complexity index is 576. The minimum atomic E-state index is -2.88. The molecule has 146 valence electrons. The van der Waals surface area contributed by atoms with Crippen LogP contribution < -0.4 is 0 Å². The molecule has 8 nitrogen and oxygen atoms in total. The van der Waals surface area contributed by atoms with Gasteiger partial charge in [0.1, 0.15) is 0 Å². The molecule has 0 saturated heterocycles. The molecule has 4 N–H and O–H groups in total. The summed E-state index contributed by atoms with van der Waals surface area (Å²) in [5.41, 5.74) is -5.01. The number of carbonyl (C=O) groups is 4. The van der Waals surface area contributed by atoms with E-state index < -0.39 is 46.5 Å². The molecule has 0 spiro atoms. The van der Waals surface area contributed by atoms with Crippen molar-refractivity contribution in [3.63, 3.8) is 0 Å². The second-order valence-electron chi connectivity index (χ2n) is 7.52. The van der Waals surface area contributed by atoms with Gasteiger partial charge in [0.15, 0.2) is 5.41 Å². The van der Waals surface area contributed by atoms with Crippen LogP contribution in [0.1, 0.15) is 64.2 Å². The molecule has 0 aromatic carbocycles. The van der Waals surface area contributed by atoms with Gasteiger partial charge in [-0.05, 0) is 31.6 Å². The molecular weight excluding hydrogens is 344 g/mol. The first kappa shape index (κ1) is 20.2. The first-order valence-corrected chi connectivity index (χ1v) is 9.16. The lowest BCUT2D eigenvalue weighted by atomic mass is 9.50. The van der Waals surface area contributed by atoms with Crippen molar-refractivity contribution in [1.82, 2.24) is 0 Å². The Morgan fingerprint density at radius 2 is 1.15 bits per heavy atom. The van der Waals surface area contributed by atoms with Crippen LogP contribution in [-0.2, 0) is 19.2 Å². The fourth-order valence-corrected chi connectivity index (χ4v) is 5.31. The van der Waals surface area contributed by atoms with Crippen LogP contribution in [0.5, 0.6) is 0 Å². The number of carboxylic acid groups (broad SMARTS) is 4. The lowest BCUT2D eigenvalue weighted by Crippen LogP contribution is -2.64. The monoisotopic (exact) mass is 370 g/mol. The van der Waals surface area contributed by atoms with E-state index in [9.17, 15) is 39.6 Å². The Morgan fingerprint density at radius 3 is 1.58 bits per heavy atom. The van der Waals surface area contributed by atoms with Crippen molar-refractivity contribution in [2.24, 2.45) is 22.7 Å². The van der Waals surface area contributed by atoms with E-state index in [2.05, 4.69) is 0 Å². The third kappa shape index (κ3) is 2.85. The van der Waals surface area contributed by atoms with E-state index >= 15 is 0 Å². The molecule has 2 rings (SSSR count). The quantitative estimate of drug-likeness (QED) is 0.426. The molecule has 2 fully saturated rings. The summed E-state index contributed by atoms with van der Waals surface area (Å²) in [5, 5.41) is 39.8. The van der Waals surface area contributed by atoms with Crippen molar-refractivity contribution < 1.29 is 39.6 Å². The molecule has 2 unspecified atom stereocenters. The highest BCUT2D eigenvalue weighted by Crippen LogP contribution is 2.59. The molecular formula is C18H26O8. The Labute approximate surface area is 151 Å². The number of aliphatic carboxylic acids is 4. The molecule has 2 aliphatic rings. The van der Waals surface area contributed by atoms with E-state index in [4.69, 9.17) is 0 Å². The molecule has 2 saturated carbocycles. The zero-order valence-electron chi connectivity index (χ0n) is 14.6. The lowest BCUT2D eigenvalue weighted by molar-refractivity contribution is -0.203. The predicted molar refractivity (Wildman–Crippen MR) is 88.6 cm³/mol. The van der Waals surface area contributed by atoms with Crippen molar-refractivity contribution in [3.05, 3.63) is 0 Å². The van der Waals surface area contributed by atoms with Crippen LogP contribution in [0.4, 0.5) is 0 Å². The fourth-order valence-electron chi connectivity index (χ4n) is 5.31. The van der Waals surface area contributed by atoms with Gasteiger partial charge in [0.25, 0.3) is 0 Å². The normalized spacial score (nSPS) is 29.9. The smallest absolute Gasteiger partial charge is 0.323 e. The van der Waals surface area contributed by atoms with E-state index in [1.165, 1.54) is 0 Å². The summed E-state index contributed by atoms with van der Waals surface area (Å²) in [7, 11) is 0. The van der Waals surface area contributed by atoms with Crippen LogP contribution >= 0.6 is 0 Å². The molecule has 0 aromatic heterocycles. The molecule has 0 aromatic rings. The average Bonchev–Trinajstić information content (AvgIpc) is 2.92. The SMILES string of the molecule is O=C(O)C1CCCCC(C(=O)O)(C2CCCCCC2)C1(C(=O)O)C(=O)O. The minimum absolute atomic E-state index is 0.130. The van der Waals surface area contributed by atoms with Gasteiger partial charge in [-0.15, -0.1) is 0 Å². The van der Waals surface area contributed by atoms with Gasteiger partial charge in [0, 0.05) is 0 Å². The Balaban J connectivity index is 2.81. The van der Waals surface area contributed by atoms with Crippen LogP contribution in [0.15, 0.2) is 0 Å². The summed E-state index contributed by atoms with van der Waals surface area (Å²) >= 11 is 0. The zero-order valence-corrected chi connectivity index (χ0v) is 14.6. The zero-order chi connectivity index (χ0) is 19.5. The molecule has 2 atom stereocenters. The lowest BCUT2D eigenvalue weighted by Gasteiger charge is -2.48. The number of hydrogen-bond acceptors (Lipinski definition) is 4. The van der Waals surface area contributed by atoms with Crippen molar-refractivity contribution in [2.45, 2.75) is 64.2 Å². The Morgan fingerprint density at radius 1 is 0.654 bits per heavy atom. The molecule has 0 amide bonds. The van der Waals surface area contributed by atoms with Gasteiger partial charge in [-0.2, -0.15) is 0 Å². The third-order valence-corrected chi connectivity index (χ3v) is 6.45. The Hall–Kier alpha value is -2.12. The van der Waals surface area contributed by atoms with E-state index in [-0.39, 0.29) is 12.8 Å². The molecule has 8 heteroatoms. The van der Waals surface area contributed by atoms with Gasteiger partial charge in [0.05, 0.1) is 11.3 Å². The first-order chi connectivity index (χ1) is 12.2. The van der Waals surface area contributed by atoms with Crippen molar-refractivity contribution in [3.8, 4) is 0 Å². The average molecular weight is 370 g/mol. The summed E-state index contributed by atoms with van der Waals surface area (Å²) in [6.45, 7) is 0. The van der Waals surface area contributed by atoms with Crippen molar-refractivity contribution in [2.75, 3.05) is 0 Å². The van der Waals surface area contributed by atoms with Gasteiger partial charge < -0.3 is 20.4 Å². The van der Waals surface area contributed by atoms with Crippen molar-refractivity contribution >= 4 is 23.9 Å². The topological polar surface area (TPSA) is 149 Å².